The van der Waals surface area contributed by atoms with Crippen LogP contribution in [0.2, 0.25) is 10.0 Å². The molecule has 0 atom stereocenters. The van der Waals surface area contributed by atoms with E-state index in [9.17, 15) is 9.90 Å². The number of rotatable bonds is 5. The van der Waals surface area contributed by atoms with Crippen molar-refractivity contribution in [2.24, 2.45) is 0 Å². The molecule has 0 fully saturated rings. The van der Waals surface area contributed by atoms with E-state index in [1.165, 1.54) is 23.5 Å². The first-order valence-electron chi connectivity index (χ1n) is 11.0. The number of benzene rings is 4. The average Bonchev–Trinajstić information content (AvgIpc) is 3.35. The molecular formula is C27H15Cl2N3O4S. The molecule has 0 unspecified atom stereocenters. The minimum Gasteiger partial charge on any atom is -0.508 e. The number of hydrogen-bond acceptors (Lipinski definition) is 8. The topological polar surface area (TPSA) is 97.5 Å². The molecule has 4 aromatic carbocycles. The van der Waals surface area contributed by atoms with Gasteiger partial charge in [-0.2, -0.15) is 0 Å². The molecule has 2 aromatic heterocycles. The third kappa shape index (κ3) is 4.58. The molecule has 0 radical (unpaired) electrons. The Morgan fingerprint density at radius 3 is 2.57 bits per heavy atom. The molecule has 0 saturated carbocycles. The SMILES string of the molecule is O=c1oc2cc(O)ccc2cc1-c1nnc(Nc2ccc(Oc3ccc4ccccc4c3Cl)c(Cl)c2)s1. The van der Waals surface area contributed by atoms with Gasteiger partial charge in [0, 0.05) is 22.5 Å². The van der Waals surface area contributed by atoms with Gasteiger partial charge in [-0.15, -0.1) is 10.2 Å². The van der Waals surface area contributed by atoms with Gasteiger partial charge in [-0.1, -0.05) is 64.9 Å². The van der Waals surface area contributed by atoms with Crippen LogP contribution in [0.25, 0.3) is 32.3 Å². The predicted octanol–water partition coefficient (Wildman–Crippen LogP) is 8.01. The lowest BCUT2D eigenvalue weighted by molar-refractivity contribution is 0.473. The Bertz CT molecular complexity index is 1870. The fourth-order valence-electron chi connectivity index (χ4n) is 3.83. The number of ether oxygens (including phenoxy) is 1. The fourth-order valence-corrected chi connectivity index (χ4v) is 5.09. The van der Waals surface area contributed by atoms with E-state index in [4.69, 9.17) is 32.4 Å². The second-order valence-electron chi connectivity index (χ2n) is 8.05. The summed E-state index contributed by atoms with van der Waals surface area (Å²) >= 11 is 14.2. The average molecular weight is 548 g/mol. The largest absolute Gasteiger partial charge is 0.508 e. The highest BCUT2D eigenvalue weighted by Crippen LogP contribution is 2.39. The van der Waals surface area contributed by atoms with Crippen molar-refractivity contribution in [1.82, 2.24) is 10.2 Å². The lowest BCUT2D eigenvalue weighted by atomic mass is 10.1. The van der Waals surface area contributed by atoms with E-state index >= 15 is 0 Å². The minimum absolute atomic E-state index is 0.0150. The maximum Gasteiger partial charge on any atom is 0.346 e. The number of nitrogens with one attached hydrogen (secondary N) is 1. The second-order valence-corrected chi connectivity index (χ2v) is 9.82. The van der Waals surface area contributed by atoms with E-state index in [0.717, 1.165) is 10.8 Å². The van der Waals surface area contributed by atoms with Crippen molar-refractivity contribution in [2.45, 2.75) is 0 Å². The number of fused-ring (bicyclic) bond motifs is 2. The molecule has 0 spiro atoms. The van der Waals surface area contributed by atoms with Crippen LogP contribution in [0.4, 0.5) is 10.8 Å². The van der Waals surface area contributed by atoms with Gasteiger partial charge in [0.05, 0.1) is 15.6 Å². The summed E-state index contributed by atoms with van der Waals surface area (Å²) < 4.78 is 11.3. The lowest BCUT2D eigenvalue weighted by Crippen LogP contribution is -2.02. The van der Waals surface area contributed by atoms with E-state index < -0.39 is 5.63 Å². The van der Waals surface area contributed by atoms with Crippen LogP contribution in [-0.4, -0.2) is 15.3 Å². The van der Waals surface area contributed by atoms with Crippen LogP contribution in [0.5, 0.6) is 17.2 Å². The summed E-state index contributed by atoms with van der Waals surface area (Å²) in [6.45, 7) is 0. The molecule has 7 nitrogen and oxygen atoms in total. The van der Waals surface area contributed by atoms with Crippen LogP contribution in [0, 0.1) is 0 Å². The van der Waals surface area contributed by atoms with Gasteiger partial charge in [-0.3, -0.25) is 0 Å². The van der Waals surface area contributed by atoms with Crippen molar-refractivity contribution in [3.63, 3.8) is 0 Å². The van der Waals surface area contributed by atoms with E-state index in [0.29, 0.717) is 48.3 Å². The highest BCUT2D eigenvalue weighted by atomic mass is 35.5. The van der Waals surface area contributed by atoms with Crippen LogP contribution in [0.15, 0.2) is 88.1 Å². The second kappa shape index (κ2) is 9.40. The molecule has 0 aliphatic carbocycles. The first kappa shape index (κ1) is 23.3. The number of anilines is 2. The van der Waals surface area contributed by atoms with Crippen LogP contribution in [0.3, 0.4) is 0 Å². The Labute approximate surface area is 223 Å². The van der Waals surface area contributed by atoms with Crippen LogP contribution < -0.4 is 15.7 Å². The highest BCUT2D eigenvalue weighted by molar-refractivity contribution is 7.18. The Morgan fingerprint density at radius 2 is 1.70 bits per heavy atom. The van der Waals surface area contributed by atoms with E-state index in [2.05, 4.69) is 15.5 Å². The molecule has 10 heteroatoms. The van der Waals surface area contributed by atoms with Gasteiger partial charge in [-0.25, -0.2) is 4.79 Å². The number of nitrogens with zero attached hydrogens (tertiary/aromatic N) is 2. The smallest absolute Gasteiger partial charge is 0.346 e. The number of aromatic nitrogens is 2. The van der Waals surface area contributed by atoms with Crippen molar-refractivity contribution in [3.05, 3.63) is 99.3 Å². The van der Waals surface area contributed by atoms with Gasteiger partial charge in [-0.05, 0) is 47.9 Å². The maximum atomic E-state index is 12.5. The zero-order valence-electron chi connectivity index (χ0n) is 18.7. The Kier molecular flexibility index (Phi) is 5.92. The summed E-state index contributed by atoms with van der Waals surface area (Å²) in [5.41, 5.74) is 0.653. The lowest BCUT2D eigenvalue weighted by Gasteiger charge is -2.12. The van der Waals surface area contributed by atoms with Crippen LogP contribution in [-0.2, 0) is 0 Å². The highest BCUT2D eigenvalue weighted by Gasteiger charge is 2.15. The van der Waals surface area contributed by atoms with Gasteiger partial charge >= 0.3 is 5.63 Å². The summed E-state index contributed by atoms with van der Waals surface area (Å²) in [6, 6.07) is 23.0. The van der Waals surface area contributed by atoms with Gasteiger partial charge in [0.2, 0.25) is 5.13 Å². The molecule has 6 aromatic rings. The molecule has 2 N–H and O–H groups in total. The van der Waals surface area contributed by atoms with Crippen molar-refractivity contribution >= 4 is 67.1 Å². The molecule has 0 amide bonds. The minimum atomic E-state index is -0.572. The third-order valence-corrected chi connectivity index (χ3v) is 7.16. The standard InChI is InChI=1S/C27H15Cl2N3O4S/c28-20-12-16(7-10-21(20)35-22-9-6-14-3-1-2-4-18(14)24(22)29)30-27-32-31-25(37-27)19-11-15-5-8-17(33)13-23(15)36-26(19)34/h1-13,33H,(H,30,32). The van der Waals surface area contributed by atoms with E-state index in [1.54, 1.807) is 30.3 Å². The summed E-state index contributed by atoms with van der Waals surface area (Å²) in [5, 5.41) is 25.3. The number of hydrogen-bond donors (Lipinski definition) is 2. The summed E-state index contributed by atoms with van der Waals surface area (Å²) in [7, 11) is 0. The van der Waals surface area contributed by atoms with Gasteiger partial charge in [0.25, 0.3) is 0 Å². The normalized spacial score (nSPS) is 11.2. The fraction of sp³-hybridized carbons (Fsp3) is 0. The third-order valence-electron chi connectivity index (χ3n) is 5.61. The first-order valence-corrected chi connectivity index (χ1v) is 12.5. The molecule has 0 bridgehead atoms. The number of halogens is 2. The molecular weight excluding hydrogens is 533 g/mol. The number of aromatic hydroxyl groups is 1. The maximum absolute atomic E-state index is 12.5. The van der Waals surface area contributed by atoms with Crippen molar-refractivity contribution in [1.29, 1.82) is 0 Å². The van der Waals surface area contributed by atoms with Gasteiger partial charge in [0.1, 0.15) is 22.8 Å². The first-order chi connectivity index (χ1) is 17.9. The molecule has 37 heavy (non-hydrogen) atoms. The molecule has 0 aliphatic rings. The number of phenols is 1. The molecule has 0 saturated heterocycles. The van der Waals surface area contributed by atoms with E-state index in [-0.39, 0.29) is 11.3 Å². The Morgan fingerprint density at radius 1 is 0.892 bits per heavy atom. The molecule has 2 heterocycles. The molecule has 182 valence electrons. The van der Waals surface area contributed by atoms with Crippen LogP contribution >= 0.6 is 34.5 Å². The zero-order chi connectivity index (χ0) is 25.5. The zero-order valence-corrected chi connectivity index (χ0v) is 21.1. The Balaban J connectivity index is 1.22. The Hall–Kier alpha value is -4.11. The van der Waals surface area contributed by atoms with E-state index in [1.807, 2.05) is 36.4 Å². The van der Waals surface area contributed by atoms with Gasteiger partial charge < -0.3 is 19.6 Å². The molecule has 6 rings (SSSR count). The summed E-state index contributed by atoms with van der Waals surface area (Å²) in [6.07, 6.45) is 0. The van der Waals surface area contributed by atoms with Crippen molar-refractivity contribution in [3.8, 4) is 27.8 Å². The van der Waals surface area contributed by atoms with Crippen LogP contribution in [0.1, 0.15) is 0 Å². The predicted molar refractivity (Wildman–Crippen MR) is 147 cm³/mol. The van der Waals surface area contributed by atoms with Crippen molar-refractivity contribution in [2.75, 3.05) is 5.32 Å². The number of phenolic OH excluding ortho intramolecular Hbond substituents is 1. The van der Waals surface area contributed by atoms with Gasteiger partial charge in [0.15, 0.2) is 5.01 Å². The summed E-state index contributed by atoms with van der Waals surface area (Å²) in [5.74, 6) is 0.963. The summed E-state index contributed by atoms with van der Waals surface area (Å²) in [4.78, 5) is 12.5. The quantitative estimate of drug-likeness (QED) is 0.211. The van der Waals surface area contributed by atoms with Crippen molar-refractivity contribution < 1.29 is 14.3 Å². The monoisotopic (exact) mass is 547 g/mol. The molecule has 0 aliphatic heterocycles.